The minimum Gasteiger partial charge on any atom is -0.394 e. The number of ether oxygens (including phenoxy) is 1. The second kappa shape index (κ2) is 8.01. The molecule has 9 nitrogen and oxygen atoms in total. The molecule has 2 amide bonds. The van der Waals surface area contributed by atoms with Crippen molar-refractivity contribution >= 4 is 28.4 Å². The van der Waals surface area contributed by atoms with Gasteiger partial charge in [0.2, 0.25) is 5.91 Å². The second-order valence-corrected chi connectivity index (χ2v) is 6.62. The summed E-state index contributed by atoms with van der Waals surface area (Å²) in [7, 11) is 0. The Morgan fingerprint density at radius 1 is 1.21 bits per heavy atom. The van der Waals surface area contributed by atoms with Crippen molar-refractivity contribution in [1.29, 1.82) is 0 Å². The number of hydrogen-bond donors (Lipinski definition) is 4. The van der Waals surface area contributed by atoms with Gasteiger partial charge < -0.3 is 25.6 Å². The lowest BCUT2D eigenvalue weighted by Gasteiger charge is -2.20. The minimum atomic E-state index is -1.27. The van der Waals surface area contributed by atoms with Crippen molar-refractivity contribution in [3.05, 3.63) is 42.2 Å². The van der Waals surface area contributed by atoms with Crippen molar-refractivity contribution in [2.45, 2.75) is 24.6 Å². The normalized spacial score (nSPS) is 20.2. The highest BCUT2D eigenvalue weighted by Gasteiger charge is 2.53. The predicted molar refractivity (Wildman–Crippen MR) is 98.5 cm³/mol. The Kier molecular flexibility index (Phi) is 5.68. The van der Waals surface area contributed by atoms with Gasteiger partial charge in [-0.25, -0.2) is 0 Å². The van der Waals surface area contributed by atoms with Gasteiger partial charge in [0, 0.05) is 11.6 Å². The van der Waals surface area contributed by atoms with Crippen LogP contribution in [0.25, 0.3) is 10.8 Å². The standard InChI is InChI=1S/C19H21N3O6/c1-11(16(25)19(9-24)10-28-19)21-17(26)14(8-23)22-18(27)15-13-5-3-2-4-12(13)6-7-20-15/h2-7,11,14,23-24H,8-10H2,1H3,(H,21,26)(H,22,27)/t11?,14-,19?/m0/s1. The molecule has 0 aliphatic carbocycles. The number of nitrogens with one attached hydrogen (secondary N) is 2. The second-order valence-electron chi connectivity index (χ2n) is 6.62. The van der Waals surface area contributed by atoms with E-state index in [1.165, 1.54) is 13.1 Å². The van der Waals surface area contributed by atoms with E-state index in [9.17, 15) is 24.6 Å². The molecule has 2 aromatic rings. The number of epoxide rings is 1. The van der Waals surface area contributed by atoms with Gasteiger partial charge in [-0.3, -0.25) is 19.4 Å². The largest absolute Gasteiger partial charge is 0.394 e. The van der Waals surface area contributed by atoms with E-state index >= 15 is 0 Å². The first-order valence-corrected chi connectivity index (χ1v) is 8.77. The number of amides is 2. The zero-order valence-electron chi connectivity index (χ0n) is 15.2. The molecule has 0 saturated carbocycles. The number of hydrogen-bond acceptors (Lipinski definition) is 7. The molecule has 148 valence electrons. The Morgan fingerprint density at radius 3 is 2.57 bits per heavy atom. The average molecular weight is 387 g/mol. The first kappa shape index (κ1) is 19.9. The maximum absolute atomic E-state index is 12.6. The SMILES string of the molecule is CC(NC(=O)[C@H](CO)NC(=O)c1nccc2ccccc12)C(=O)C1(CO)CO1. The Bertz CT molecular complexity index is 906. The number of carbonyl (C=O) groups excluding carboxylic acids is 3. The number of fused-ring (bicyclic) bond motifs is 1. The third-order valence-corrected chi connectivity index (χ3v) is 4.64. The van der Waals surface area contributed by atoms with Gasteiger partial charge in [0.15, 0.2) is 11.4 Å². The molecule has 2 unspecified atom stereocenters. The van der Waals surface area contributed by atoms with E-state index in [1.54, 1.807) is 18.2 Å². The molecule has 0 spiro atoms. The first-order valence-electron chi connectivity index (χ1n) is 8.77. The van der Waals surface area contributed by atoms with Crippen molar-refractivity contribution in [2.24, 2.45) is 0 Å². The Labute approximate surface area is 160 Å². The molecule has 3 atom stereocenters. The fraction of sp³-hybridized carbons (Fsp3) is 0.368. The van der Waals surface area contributed by atoms with Crippen LogP contribution in [0, 0.1) is 0 Å². The number of carbonyl (C=O) groups is 3. The van der Waals surface area contributed by atoms with Crippen molar-refractivity contribution in [2.75, 3.05) is 19.8 Å². The topological polar surface area (TPSA) is 141 Å². The van der Waals surface area contributed by atoms with Crippen molar-refractivity contribution in [3.8, 4) is 0 Å². The number of aliphatic hydroxyl groups excluding tert-OH is 2. The summed E-state index contributed by atoms with van der Waals surface area (Å²) in [5, 5.41) is 25.0. The average Bonchev–Trinajstić information content (AvgIpc) is 3.51. The highest BCUT2D eigenvalue weighted by molar-refractivity contribution is 6.06. The number of ketones is 1. The Morgan fingerprint density at radius 2 is 1.93 bits per heavy atom. The van der Waals surface area contributed by atoms with Crippen molar-refractivity contribution in [3.63, 3.8) is 0 Å². The minimum absolute atomic E-state index is 0.0927. The molecule has 2 heterocycles. The van der Waals surface area contributed by atoms with Crippen LogP contribution in [0.2, 0.25) is 0 Å². The summed E-state index contributed by atoms with van der Waals surface area (Å²) in [6, 6.07) is 6.69. The number of rotatable bonds is 8. The van der Waals surface area contributed by atoms with Crippen molar-refractivity contribution in [1.82, 2.24) is 15.6 Å². The van der Waals surface area contributed by atoms with Crippen LogP contribution in [0.3, 0.4) is 0 Å². The molecule has 28 heavy (non-hydrogen) atoms. The zero-order valence-corrected chi connectivity index (χ0v) is 15.2. The van der Waals surface area contributed by atoms with E-state index in [0.29, 0.717) is 5.39 Å². The first-order chi connectivity index (χ1) is 13.4. The molecule has 1 aliphatic rings. The van der Waals surface area contributed by atoms with Crippen LogP contribution >= 0.6 is 0 Å². The van der Waals surface area contributed by atoms with Crippen LogP contribution < -0.4 is 10.6 Å². The molecule has 3 rings (SSSR count). The molecular formula is C19H21N3O6. The third-order valence-electron chi connectivity index (χ3n) is 4.64. The van der Waals surface area contributed by atoms with E-state index in [1.807, 2.05) is 12.1 Å². The molecule has 1 aliphatic heterocycles. The number of aromatic nitrogens is 1. The van der Waals surface area contributed by atoms with E-state index in [4.69, 9.17) is 4.74 Å². The maximum Gasteiger partial charge on any atom is 0.271 e. The van der Waals surface area contributed by atoms with E-state index in [2.05, 4.69) is 15.6 Å². The van der Waals surface area contributed by atoms with E-state index < -0.39 is 48.5 Å². The van der Waals surface area contributed by atoms with Gasteiger partial charge in [-0.2, -0.15) is 0 Å². The van der Waals surface area contributed by atoms with E-state index in [-0.39, 0.29) is 12.3 Å². The lowest BCUT2D eigenvalue weighted by Crippen LogP contribution is -2.54. The van der Waals surface area contributed by atoms with Crippen LogP contribution in [-0.2, 0) is 14.3 Å². The quantitative estimate of drug-likeness (QED) is 0.433. The number of benzene rings is 1. The molecule has 4 N–H and O–H groups in total. The summed E-state index contributed by atoms with van der Waals surface area (Å²) in [5.74, 6) is -1.82. The monoisotopic (exact) mass is 387 g/mol. The summed E-state index contributed by atoms with van der Waals surface area (Å²) in [5.41, 5.74) is -1.14. The Balaban J connectivity index is 1.68. The fourth-order valence-electron chi connectivity index (χ4n) is 2.89. The van der Waals surface area contributed by atoms with Gasteiger partial charge in [-0.15, -0.1) is 0 Å². The van der Waals surface area contributed by atoms with Gasteiger partial charge in [0.1, 0.15) is 11.7 Å². The van der Waals surface area contributed by atoms with Crippen LogP contribution in [0.15, 0.2) is 36.5 Å². The lowest BCUT2D eigenvalue weighted by atomic mass is 10.0. The van der Waals surface area contributed by atoms with E-state index in [0.717, 1.165) is 5.39 Å². The molecule has 1 fully saturated rings. The zero-order chi connectivity index (χ0) is 20.3. The maximum atomic E-state index is 12.6. The fourth-order valence-corrected chi connectivity index (χ4v) is 2.89. The highest BCUT2D eigenvalue weighted by Crippen LogP contribution is 2.28. The van der Waals surface area contributed by atoms with Gasteiger partial charge in [-0.05, 0) is 18.4 Å². The molecule has 1 aromatic heterocycles. The summed E-state index contributed by atoms with van der Waals surface area (Å²) in [6.07, 6.45) is 1.48. The molecule has 1 saturated heterocycles. The number of aliphatic hydroxyl groups is 2. The summed E-state index contributed by atoms with van der Waals surface area (Å²) < 4.78 is 4.98. The molecule has 0 bridgehead atoms. The Hall–Kier alpha value is -2.88. The van der Waals surface area contributed by atoms with Gasteiger partial charge in [0.25, 0.3) is 5.91 Å². The molecule has 0 radical (unpaired) electrons. The summed E-state index contributed by atoms with van der Waals surface area (Å²) >= 11 is 0. The summed E-state index contributed by atoms with van der Waals surface area (Å²) in [6.45, 7) is 0.404. The van der Waals surface area contributed by atoms with Gasteiger partial charge in [-0.1, -0.05) is 24.3 Å². The van der Waals surface area contributed by atoms with Crippen LogP contribution in [0.4, 0.5) is 0 Å². The highest BCUT2D eigenvalue weighted by atomic mass is 16.6. The molecular weight excluding hydrogens is 366 g/mol. The number of Topliss-reactive ketones (excluding diaryl/α,β-unsaturated/α-hetero) is 1. The smallest absolute Gasteiger partial charge is 0.271 e. The van der Waals surface area contributed by atoms with Gasteiger partial charge in [0.05, 0.1) is 25.9 Å². The van der Waals surface area contributed by atoms with Gasteiger partial charge >= 0.3 is 0 Å². The predicted octanol–water partition coefficient (Wildman–Crippen LogP) is -0.839. The number of nitrogens with zero attached hydrogens (tertiary/aromatic N) is 1. The summed E-state index contributed by atoms with van der Waals surface area (Å²) in [4.78, 5) is 41.3. The molecule has 1 aromatic carbocycles. The van der Waals surface area contributed by atoms with Crippen LogP contribution in [0.5, 0.6) is 0 Å². The van der Waals surface area contributed by atoms with Crippen molar-refractivity contribution < 1.29 is 29.3 Å². The third kappa shape index (κ3) is 3.86. The lowest BCUT2D eigenvalue weighted by molar-refractivity contribution is -0.132. The number of pyridine rings is 1. The molecule has 9 heteroatoms. The van der Waals surface area contributed by atoms with Crippen LogP contribution in [0.1, 0.15) is 17.4 Å². The van der Waals surface area contributed by atoms with Crippen LogP contribution in [-0.4, -0.2) is 70.3 Å².